The number of rotatable bonds is 4. The zero-order valence-electron chi connectivity index (χ0n) is 17.5. The van der Waals surface area contributed by atoms with Gasteiger partial charge >= 0.3 is 0 Å². The van der Waals surface area contributed by atoms with Gasteiger partial charge in [0.15, 0.2) is 0 Å². The van der Waals surface area contributed by atoms with Crippen molar-refractivity contribution < 1.29 is 14.3 Å². The highest BCUT2D eigenvalue weighted by atomic mass is 35.5. The van der Waals surface area contributed by atoms with E-state index >= 15 is 0 Å². The van der Waals surface area contributed by atoms with Gasteiger partial charge in [0.25, 0.3) is 0 Å². The zero-order valence-corrected chi connectivity index (χ0v) is 18.3. The average Bonchev–Trinajstić information content (AvgIpc) is 2.90. The summed E-state index contributed by atoms with van der Waals surface area (Å²) in [6.07, 6.45) is 0.0186. The van der Waals surface area contributed by atoms with E-state index in [2.05, 4.69) is 15.9 Å². The fourth-order valence-corrected chi connectivity index (χ4v) is 4.34. The van der Waals surface area contributed by atoms with Gasteiger partial charge in [0, 0.05) is 61.6 Å². The second kappa shape index (κ2) is 9.14. The number of ether oxygens (including phenoxy) is 2. The second-order valence-corrected chi connectivity index (χ2v) is 8.36. The Hall–Kier alpha value is -2.44. The molecule has 1 fully saturated rings. The van der Waals surface area contributed by atoms with Crippen molar-refractivity contribution in [1.29, 1.82) is 0 Å². The molecule has 4 rings (SSSR count). The number of amides is 1. The van der Waals surface area contributed by atoms with Crippen LogP contribution in [0.5, 0.6) is 11.5 Å². The molecule has 160 valence electrons. The van der Waals surface area contributed by atoms with Gasteiger partial charge in [-0.05, 0) is 37.3 Å². The van der Waals surface area contributed by atoms with E-state index in [0.717, 1.165) is 48.9 Å². The number of fused-ring (bicyclic) bond motifs is 1. The first-order valence-electron chi connectivity index (χ1n) is 10.4. The predicted octanol–water partition coefficient (Wildman–Crippen LogP) is 3.28. The maximum absolute atomic E-state index is 13.0. The molecule has 0 spiro atoms. The van der Waals surface area contributed by atoms with E-state index in [9.17, 15) is 4.79 Å². The molecule has 0 saturated carbocycles. The Kier molecular flexibility index (Phi) is 6.35. The summed E-state index contributed by atoms with van der Waals surface area (Å²) in [6.45, 7) is 6.87. The second-order valence-electron chi connectivity index (χ2n) is 7.92. The number of piperazine rings is 1. The van der Waals surface area contributed by atoms with Crippen LogP contribution in [0.15, 0.2) is 42.5 Å². The molecular formula is C23H28ClN3O3. The van der Waals surface area contributed by atoms with Crippen LogP contribution >= 0.6 is 11.6 Å². The largest absolute Gasteiger partial charge is 0.497 e. The summed E-state index contributed by atoms with van der Waals surface area (Å²) < 4.78 is 11.3. The van der Waals surface area contributed by atoms with Gasteiger partial charge in [-0.2, -0.15) is 0 Å². The highest BCUT2D eigenvalue weighted by Gasteiger charge is 2.26. The van der Waals surface area contributed by atoms with Crippen LogP contribution in [0.3, 0.4) is 0 Å². The molecule has 0 aliphatic carbocycles. The fourth-order valence-electron chi connectivity index (χ4n) is 4.14. The molecule has 1 atom stereocenters. The summed E-state index contributed by atoms with van der Waals surface area (Å²) >= 11 is 6.16. The van der Waals surface area contributed by atoms with Gasteiger partial charge in [0.05, 0.1) is 13.7 Å². The van der Waals surface area contributed by atoms with Gasteiger partial charge in [-0.15, -0.1) is 0 Å². The molecule has 7 heteroatoms. The number of carbonyl (C=O) groups is 1. The Morgan fingerprint density at radius 1 is 1.17 bits per heavy atom. The Labute approximate surface area is 182 Å². The van der Waals surface area contributed by atoms with Crippen LogP contribution in [0, 0.1) is 0 Å². The van der Waals surface area contributed by atoms with Crippen molar-refractivity contribution in [3.05, 3.63) is 53.1 Å². The SMILES string of the molecule is COc1cccc(N2CCN(C(=O)CN3Cc4cc(Cl)ccc4OC(C)C3)CC2)c1. The van der Waals surface area contributed by atoms with Crippen molar-refractivity contribution in [2.24, 2.45) is 0 Å². The number of halogens is 1. The summed E-state index contributed by atoms with van der Waals surface area (Å²) in [5.41, 5.74) is 2.16. The standard InChI is InChI=1S/C23H28ClN3O3/c1-17-14-25(15-18-12-19(24)6-7-22(18)30-17)16-23(28)27-10-8-26(9-11-27)20-4-3-5-21(13-20)29-2/h3-7,12-13,17H,8-11,14-16H2,1-2H3. The summed E-state index contributed by atoms with van der Waals surface area (Å²) in [6, 6.07) is 13.8. The van der Waals surface area contributed by atoms with Crippen molar-refractivity contribution in [2.45, 2.75) is 19.6 Å². The zero-order chi connectivity index (χ0) is 21.1. The maximum Gasteiger partial charge on any atom is 0.236 e. The minimum Gasteiger partial charge on any atom is -0.497 e. The van der Waals surface area contributed by atoms with Gasteiger partial charge in [-0.3, -0.25) is 9.69 Å². The Bertz CT molecular complexity index is 899. The first-order valence-corrected chi connectivity index (χ1v) is 10.7. The van der Waals surface area contributed by atoms with E-state index < -0.39 is 0 Å². The van der Waals surface area contributed by atoms with E-state index in [1.54, 1.807) is 7.11 Å². The number of anilines is 1. The highest BCUT2D eigenvalue weighted by Crippen LogP contribution is 2.28. The monoisotopic (exact) mass is 429 g/mol. The van der Waals surface area contributed by atoms with Crippen molar-refractivity contribution in [3.63, 3.8) is 0 Å². The van der Waals surface area contributed by atoms with Crippen molar-refractivity contribution in [2.75, 3.05) is 51.3 Å². The van der Waals surface area contributed by atoms with Crippen LogP contribution in [0.25, 0.3) is 0 Å². The van der Waals surface area contributed by atoms with Crippen LogP contribution in [-0.2, 0) is 11.3 Å². The lowest BCUT2D eigenvalue weighted by molar-refractivity contribution is -0.133. The molecule has 1 saturated heterocycles. The third kappa shape index (κ3) is 4.82. The molecule has 2 aliphatic heterocycles. The molecule has 0 bridgehead atoms. The van der Waals surface area contributed by atoms with Gasteiger partial charge < -0.3 is 19.3 Å². The fraction of sp³-hybridized carbons (Fsp3) is 0.435. The lowest BCUT2D eigenvalue weighted by Crippen LogP contribution is -2.51. The topological polar surface area (TPSA) is 45.2 Å². The lowest BCUT2D eigenvalue weighted by atomic mass is 10.2. The highest BCUT2D eigenvalue weighted by molar-refractivity contribution is 6.30. The Morgan fingerprint density at radius 2 is 1.97 bits per heavy atom. The smallest absolute Gasteiger partial charge is 0.236 e. The molecule has 2 aliphatic rings. The van der Waals surface area contributed by atoms with E-state index in [-0.39, 0.29) is 12.0 Å². The van der Waals surface area contributed by atoms with Gasteiger partial charge in [0.1, 0.15) is 17.6 Å². The number of nitrogens with zero attached hydrogens (tertiary/aromatic N) is 3. The average molecular weight is 430 g/mol. The molecule has 2 aromatic rings. The van der Waals surface area contributed by atoms with E-state index in [0.29, 0.717) is 24.7 Å². The molecule has 0 aromatic heterocycles. The summed E-state index contributed by atoms with van der Waals surface area (Å²) in [4.78, 5) is 19.4. The van der Waals surface area contributed by atoms with Gasteiger partial charge in [-0.1, -0.05) is 17.7 Å². The van der Waals surface area contributed by atoms with Crippen molar-refractivity contribution in [3.8, 4) is 11.5 Å². The first kappa shape index (κ1) is 20.8. The molecule has 0 radical (unpaired) electrons. The molecular weight excluding hydrogens is 402 g/mol. The molecule has 2 aromatic carbocycles. The number of hydrogen-bond donors (Lipinski definition) is 0. The number of methoxy groups -OCH3 is 1. The number of carbonyl (C=O) groups excluding carboxylic acids is 1. The minimum absolute atomic E-state index is 0.0186. The normalized spacial score (nSPS) is 19.6. The van der Waals surface area contributed by atoms with Crippen LogP contribution < -0.4 is 14.4 Å². The van der Waals surface area contributed by atoms with E-state index in [4.69, 9.17) is 21.1 Å². The van der Waals surface area contributed by atoms with Crippen molar-refractivity contribution in [1.82, 2.24) is 9.80 Å². The Morgan fingerprint density at radius 3 is 2.73 bits per heavy atom. The third-order valence-electron chi connectivity index (χ3n) is 5.67. The third-order valence-corrected chi connectivity index (χ3v) is 5.90. The molecule has 2 heterocycles. The first-order chi connectivity index (χ1) is 14.5. The number of hydrogen-bond acceptors (Lipinski definition) is 5. The summed E-state index contributed by atoms with van der Waals surface area (Å²) in [5, 5.41) is 0.687. The van der Waals surface area contributed by atoms with Crippen LogP contribution in [0.2, 0.25) is 5.02 Å². The van der Waals surface area contributed by atoms with E-state index in [1.807, 2.05) is 48.2 Å². The van der Waals surface area contributed by atoms with E-state index in [1.165, 1.54) is 0 Å². The Balaban J connectivity index is 1.35. The lowest BCUT2D eigenvalue weighted by Gasteiger charge is -2.37. The van der Waals surface area contributed by atoms with Gasteiger partial charge in [0.2, 0.25) is 5.91 Å². The maximum atomic E-state index is 13.0. The molecule has 0 N–H and O–H groups in total. The van der Waals surface area contributed by atoms with Crippen LogP contribution in [0.4, 0.5) is 5.69 Å². The summed E-state index contributed by atoms with van der Waals surface area (Å²) in [5.74, 6) is 1.87. The molecule has 30 heavy (non-hydrogen) atoms. The van der Waals surface area contributed by atoms with Gasteiger partial charge in [-0.25, -0.2) is 0 Å². The number of benzene rings is 2. The van der Waals surface area contributed by atoms with Crippen LogP contribution in [0.1, 0.15) is 12.5 Å². The van der Waals surface area contributed by atoms with Crippen molar-refractivity contribution >= 4 is 23.2 Å². The molecule has 1 amide bonds. The minimum atomic E-state index is 0.0186. The predicted molar refractivity (Wildman–Crippen MR) is 119 cm³/mol. The molecule has 6 nitrogen and oxygen atoms in total. The molecule has 1 unspecified atom stereocenters. The van der Waals surface area contributed by atoms with Crippen LogP contribution in [-0.4, -0.2) is 68.2 Å². The summed E-state index contributed by atoms with van der Waals surface area (Å²) in [7, 11) is 1.68. The quantitative estimate of drug-likeness (QED) is 0.746.